The number of fused-ring (bicyclic) bond motifs is 2. The number of nitrogens with zero attached hydrogens (tertiary/aromatic N) is 2. The summed E-state index contributed by atoms with van der Waals surface area (Å²) in [5.41, 5.74) is 4.29. The van der Waals surface area contributed by atoms with Crippen molar-refractivity contribution in [3.8, 4) is 0 Å². The number of piperidine rings is 1. The van der Waals surface area contributed by atoms with Gasteiger partial charge in [0.2, 0.25) is 11.8 Å². The molecule has 2 aromatic carbocycles. The molecule has 2 aliphatic heterocycles. The zero-order valence-electron chi connectivity index (χ0n) is 20.9. The van der Waals surface area contributed by atoms with Crippen LogP contribution in [0.25, 0.3) is 10.2 Å². The Bertz CT molecular complexity index is 1550. The van der Waals surface area contributed by atoms with Gasteiger partial charge in [-0.25, -0.2) is 18.6 Å². The molecule has 1 aromatic heterocycles. The number of nitrogens with one attached hydrogen (secondary N) is 2. The minimum atomic E-state index is -0.840. The summed E-state index contributed by atoms with van der Waals surface area (Å²) in [4.78, 5) is 54.7. The summed E-state index contributed by atoms with van der Waals surface area (Å²) in [6.45, 7) is 1.60. The average molecular weight is 555 g/mol. The Kier molecular flexibility index (Phi) is 6.29. The number of carbonyl (C=O) groups excluding carboxylic acids is 4. The van der Waals surface area contributed by atoms with Crippen molar-refractivity contribution in [2.75, 3.05) is 0 Å². The monoisotopic (exact) mass is 554 g/mol. The maximum Gasteiger partial charge on any atom is 0.407 e. The molecule has 0 bridgehead atoms. The Labute approximate surface area is 225 Å². The van der Waals surface area contributed by atoms with Gasteiger partial charge in [0.1, 0.15) is 23.8 Å². The molecule has 3 aromatic rings. The molecule has 9 nitrogen and oxygen atoms in total. The lowest BCUT2D eigenvalue weighted by atomic mass is 9.75. The number of imide groups is 1. The number of benzene rings is 2. The highest BCUT2D eigenvalue weighted by atomic mass is 32.1. The molecule has 1 saturated heterocycles. The van der Waals surface area contributed by atoms with E-state index in [1.165, 1.54) is 28.4 Å². The summed E-state index contributed by atoms with van der Waals surface area (Å²) in [6, 6.07) is 3.74. The molecule has 12 heteroatoms. The third-order valence-corrected chi connectivity index (χ3v) is 8.56. The smallest absolute Gasteiger partial charge is 0.407 e. The van der Waals surface area contributed by atoms with Crippen LogP contribution in [-0.4, -0.2) is 45.8 Å². The van der Waals surface area contributed by atoms with E-state index in [1.807, 2.05) is 0 Å². The van der Waals surface area contributed by atoms with Crippen LogP contribution in [0.5, 0.6) is 0 Å². The molecule has 0 radical (unpaired) electrons. The van der Waals surface area contributed by atoms with Gasteiger partial charge in [-0.2, -0.15) is 0 Å². The first kappa shape index (κ1) is 25.4. The van der Waals surface area contributed by atoms with Crippen LogP contribution in [0.1, 0.15) is 64.2 Å². The predicted molar refractivity (Wildman–Crippen MR) is 136 cm³/mol. The van der Waals surface area contributed by atoms with Gasteiger partial charge in [0.15, 0.2) is 0 Å². The molecule has 2 N–H and O–H groups in total. The number of halogens is 2. The Balaban J connectivity index is 1.06. The number of ether oxygens (including phenoxy) is 1. The van der Waals surface area contributed by atoms with E-state index in [9.17, 15) is 23.6 Å². The van der Waals surface area contributed by atoms with Gasteiger partial charge in [0.05, 0.1) is 21.3 Å². The van der Waals surface area contributed by atoms with Crippen molar-refractivity contribution in [3.05, 3.63) is 63.2 Å². The molecule has 0 unspecified atom stereocenters. The van der Waals surface area contributed by atoms with Crippen LogP contribution >= 0.6 is 11.3 Å². The highest BCUT2D eigenvalue weighted by Crippen LogP contribution is 2.44. The standard InChI is InChI=1S/C27H24F2N4O5S/c1-12-17(28)8-19-24(31-11-39-19)21(12)15-6-16(7-15)38-27(37)30-9-13-2-3-14-10-33(26(36)22(14)23(13)29)18-4-5-20(34)32-25(18)35/h2-3,8,11,15-16,18H,4-7,9-10H2,1H3,(H,30,37)(H,32,34,35)/t15?,16?,18-/m0/s1. The van der Waals surface area contributed by atoms with Crippen LogP contribution in [-0.2, 0) is 27.4 Å². The van der Waals surface area contributed by atoms with E-state index in [0.717, 1.165) is 15.8 Å². The van der Waals surface area contributed by atoms with E-state index in [1.54, 1.807) is 18.5 Å². The Morgan fingerprint density at radius 1 is 1.26 bits per heavy atom. The topological polar surface area (TPSA) is 118 Å². The van der Waals surface area contributed by atoms with Crippen molar-refractivity contribution in [2.24, 2.45) is 0 Å². The molecule has 39 heavy (non-hydrogen) atoms. The number of rotatable bonds is 5. The normalized spacial score (nSPS) is 22.5. The van der Waals surface area contributed by atoms with E-state index in [0.29, 0.717) is 24.0 Å². The predicted octanol–water partition coefficient (Wildman–Crippen LogP) is 3.82. The molecule has 202 valence electrons. The number of hydrogen-bond acceptors (Lipinski definition) is 7. The van der Waals surface area contributed by atoms with E-state index in [4.69, 9.17) is 4.74 Å². The van der Waals surface area contributed by atoms with Gasteiger partial charge in [-0.1, -0.05) is 12.1 Å². The van der Waals surface area contributed by atoms with Crippen LogP contribution in [0.15, 0.2) is 23.7 Å². The fourth-order valence-electron chi connectivity index (χ4n) is 5.64. The number of alkyl carbamates (subject to hydrolysis) is 1. The molecular weight excluding hydrogens is 530 g/mol. The maximum atomic E-state index is 15.3. The molecule has 1 saturated carbocycles. The van der Waals surface area contributed by atoms with Crippen LogP contribution < -0.4 is 10.6 Å². The zero-order valence-corrected chi connectivity index (χ0v) is 21.7. The van der Waals surface area contributed by atoms with Gasteiger partial charge in [0, 0.05) is 25.1 Å². The average Bonchev–Trinajstić information content (AvgIpc) is 3.46. The molecular formula is C27H24F2N4O5S. The molecule has 3 aliphatic rings. The molecule has 2 fully saturated rings. The van der Waals surface area contributed by atoms with Gasteiger partial charge >= 0.3 is 6.09 Å². The van der Waals surface area contributed by atoms with E-state index >= 15 is 4.39 Å². The third-order valence-electron chi connectivity index (χ3n) is 7.78. The van der Waals surface area contributed by atoms with Crippen molar-refractivity contribution in [1.82, 2.24) is 20.5 Å². The zero-order chi connectivity index (χ0) is 27.4. The van der Waals surface area contributed by atoms with Crippen molar-refractivity contribution >= 4 is 45.4 Å². The minimum Gasteiger partial charge on any atom is -0.446 e. The van der Waals surface area contributed by atoms with E-state index in [2.05, 4.69) is 15.6 Å². The molecule has 0 spiro atoms. The Morgan fingerprint density at radius 2 is 2.05 bits per heavy atom. The van der Waals surface area contributed by atoms with Crippen molar-refractivity contribution in [3.63, 3.8) is 0 Å². The van der Waals surface area contributed by atoms with Gasteiger partial charge in [-0.15, -0.1) is 11.3 Å². The second-order valence-corrected chi connectivity index (χ2v) is 11.0. The van der Waals surface area contributed by atoms with Crippen molar-refractivity contribution < 1.29 is 32.7 Å². The van der Waals surface area contributed by atoms with Crippen LogP contribution in [0.2, 0.25) is 0 Å². The summed E-state index contributed by atoms with van der Waals surface area (Å²) >= 11 is 1.38. The first-order valence-corrected chi connectivity index (χ1v) is 13.5. The first-order chi connectivity index (χ1) is 18.7. The molecule has 1 atom stereocenters. The Morgan fingerprint density at radius 3 is 2.82 bits per heavy atom. The van der Waals surface area contributed by atoms with E-state index < -0.39 is 35.7 Å². The lowest BCUT2D eigenvalue weighted by Crippen LogP contribution is -2.52. The summed E-state index contributed by atoms with van der Waals surface area (Å²) in [5.74, 6) is -2.60. The summed E-state index contributed by atoms with van der Waals surface area (Å²) in [7, 11) is 0. The fraction of sp³-hybridized carbons (Fsp3) is 0.370. The van der Waals surface area contributed by atoms with Crippen molar-refractivity contribution in [1.29, 1.82) is 0 Å². The Hall–Kier alpha value is -3.93. The highest BCUT2D eigenvalue weighted by Gasteiger charge is 2.41. The molecule has 6 rings (SSSR count). The number of hydrogen-bond donors (Lipinski definition) is 2. The van der Waals surface area contributed by atoms with Crippen LogP contribution in [0.3, 0.4) is 0 Å². The lowest BCUT2D eigenvalue weighted by molar-refractivity contribution is -0.136. The molecule has 3 heterocycles. The van der Waals surface area contributed by atoms with Gasteiger partial charge < -0.3 is 15.0 Å². The second-order valence-electron chi connectivity index (χ2n) is 10.1. The summed E-state index contributed by atoms with van der Waals surface area (Å²) < 4.78 is 35.9. The minimum absolute atomic E-state index is 0.0237. The van der Waals surface area contributed by atoms with Gasteiger partial charge in [-0.3, -0.25) is 19.7 Å². The third kappa shape index (κ3) is 4.42. The quantitative estimate of drug-likeness (QED) is 0.463. The van der Waals surface area contributed by atoms with Crippen LogP contribution in [0, 0.1) is 18.6 Å². The number of amides is 4. The molecule has 4 amide bonds. The fourth-order valence-corrected chi connectivity index (χ4v) is 6.35. The summed E-state index contributed by atoms with van der Waals surface area (Å²) in [6.07, 6.45) is 0.269. The second kappa shape index (κ2) is 9.67. The lowest BCUT2D eigenvalue weighted by Gasteiger charge is -2.35. The van der Waals surface area contributed by atoms with Crippen LogP contribution in [0.4, 0.5) is 13.6 Å². The van der Waals surface area contributed by atoms with E-state index in [-0.39, 0.29) is 54.9 Å². The number of thiazole rings is 1. The SMILES string of the molecule is Cc1c(F)cc2scnc2c1C1CC(OC(=O)NCc2ccc3c(c2F)C(=O)N([C@H]2CCC(=O)NC2=O)C3)C1. The summed E-state index contributed by atoms with van der Waals surface area (Å²) in [5, 5.41) is 4.75. The molecule has 1 aliphatic carbocycles. The van der Waals surface area contributed by atoms with Crippen molar-refractivity contribution in [2.45, 2.75) is 63.8 Å². The number of aromatic nitrogens is 1. The van der Waals surface area contributed by atoms with Gasteiger partial charge in [0.25, 0.3) is 5.91 Å². The number of carbonyl (C=O) groups is 4. The highest BCUT2D eigenvalue weighted by molar-refractivity contribution is 7.16. The first-order valence-electron chi connectivity index (χ1n) is 12.6. The largest absolute Gasteiger partial charge is 0.446 e. The maximum absolute atomic E-state index is 15.3. The van der Waals surface area contributed by atoms with Gasteiger partial charge in [-0.05, 0) is 54.9 Å².